The minimum Gasteiger partial charge on any atom is -0.392 e. The van der Waals surface area contributed by atoms with E-state index in [1.54, 1.807) is 0 Å². The van der Waals surface area contributed by atoms with Crippen molar-refractivity contribution in [3.05, 3.63) is 35.4 Å². The number of fused-ring (bicyclic) bond motifs is 2. The predicted molar refractivity (Wildman–Crippen MR) is 74.7 cm³/mol. The summed E-state index contributed by atoms with van der Waals surface area (Å²) in [7, 11) is 2.21. The number of rotatable bonds is 4. The van der Waals surface area contributed by atoms with Gasteiger partial charge in [-0.1, -0.05) is 24.3 Å². The van der Waals surface area contributed by atoms with Gasteiger partial charge in [-0.25, -0.2) is 0 Å². The first kappa shape index (κ1) is 13.1. The van der Waals surface area contributed by atoms with Crippen LogP contribution >= 0.6 is 0 Å². The third kappa shape index (κ3) is 2.83. The lowest BCUT2D eigenvalue weighted by Gasteiger charge is -2.35. The zero-order chi connectivity index (χ0) is 13.2. The maximum absolute atomic E-state index is 9.16. The van der Waals surface area contributed by atoms with E-state index in [0.29, 0.717) is 24.5 Å². The van der Waals surface area contributed by atoms with Gasteiger partial charge in [-0.3, -0.25) is 0 Å². The molecule has 3 nitrogen and oxygen atoms in total. The number of aliphatic hydroxyl groups excluding tert-OH is 1. The standard InChI is InChI=1S/C16H23NO2/c1-17-8-14-5-6-15(9-17)16(14)19-11-13-4-2-3-12(7-13)10-18/h2-4,7,14-16,18H,5-6,8-11H2,1H3/t14-,15+,16+. The monoisotopic (exact) mass is 261 g/mol. The zero-order valence-electron chi connectivity index (χ0n) is 11.6. The molecule has 1 N–H and O–H groups in total. The number of hydrogen-bond donors (Lipinski definition) is 1. The third-order valence-corrected chi connectivity index (χ3v) is 4.55. The normalized spacial score (nSPS) is 30.7. The first-order valence-corrected chi connectivity index (χ1v) is 7.25. The Morgan fingerprint density at radius 2 is 1.89 bits per heavy atom. The molecule has 0 radical (unpaired) electrons. The van der Waals surface area contributed by atoms with Gasteiger partial charge in [0, 0.05) is 13.1 Å². The summed E-state index contributed by atoms with van der Waals surface area (Å²) in [6, 6.07) is 8.06. The van der Waals surface area contributed by atoms with Gasteiger partial charge in [-0.2, -0.15) is 0 Å². The van der Waals surface area contributed by atoms with Crippen LogP contribution in [-0.2, 0) is 18.0 Å². The lowest BCUT2D eigenvalue weighted by atomic mass is 9.95. The SMILES string of the molecule is CN1C[C@H]2CC[C@@H](C1)[C@H]2OCc1cccc(CO)c1. The van der Waals surface area contributed by atoms with Gasteiger partial charge in [0.1, 0.15) is 0 Å². The van der Waals surface area contributed by atoms with Crippen molar-refractivity contribution in [1.82, 2.24) is 4.90 Å². The highest BCUT2D eigenvalue weighted by Crippen LogP contribution is 2.38. The molecule has 2 fully saturated rings. The summed E-state index contributed by atoms with van der Waals surface area (Å²) in [4.78, 5) is 2.44. The second-order valence-electron chi connectivity index (χ2n) is 6.07. The van der Waals surface area contributed by atoms with Gasteiger partial charge in [0.05, 0.1) is 19.3 Å². The molecular weight excluding hydrogens is 238 g/mol. The van der Waals surface area contributed by atoms with Gasteiger partial charge < -0.3 is 14.7 Å². The van der Waals surface area contributed by atoms with E-state index in [9.17, 15) is 0 Å². The molecule has 0 unspecified atom stereocenters. The van der Waals surface area contributed by atoms with Crippen LogP contribution < -0.4 is 0 Å². The molecule has 1 aliphatic carbocycles. The van der Waals surface area contributed by atoms with Gasteiger partial charge in [-0.05, 0) is 42.9 Å². The lowest BCUT2D eigenvalue weighted by molar-refractivity contribution is -0.0460. The number of hydrogen-bond acceptors (Lipinski definition) is 3. The average molecular weight is 261 g/mol. The third-order valence-electron chi connectivity index (χ3n) is 4.55. The van der Waals surface area contributed by atoms with Crippen molar-refractivity contribution in [3.63, 3.8) is 0 Å². The molecule has 3 atom stereocenters. The van der Waals surface area contributed by atoms with Crippen molar-refractivity contribution in [2.75, 3.05) is 20.1 Å². The van der Waals surface area contributed by atoms with Gasteiger partial charge in [0.15, 0.2) is 0 Å². The molecule has 1 saturated carbocycles. The summed E-state index contributed by atoms with van der Waals surface area (Å²) < 4.78 is 6.20. The van der Waals surface area contributed by atoms with E-state index in [1.807, 2.05) is 18.2 Å². The number of likely N-dealkylation sites (tertiary alicyclic amines) is 1. The second kappa shape index (κ2) is 5.61. The van der Waals surface area contributed by atoms with Crippen LogP contribution in [0.5, 0.6) is 0 Å². The van der Waals surface area contributed by atoms with E-state index in [1.165, 1.54) is 31.5 Å². The average Bonchev–Trinajstić information content (AvgIpc) is 2.67. The molecule has 3 heteroatoms. The van der Waals surface area contributed by atoms with E-state index < -0.39 is 0 Å². The summed E-state index contributed by atoms with van der Waals surface area (Å²) in [5, 5.41) is 9.16. The maximum Gasteiger partial charge on any atom is 0.0721 e. The highest BCUT2D eigenvalue weighted by Gasteiger charge is 2.41. The molecule has 104 valence electrons. The molecule has 1 aromatic rings. The molecular formula is C16H23NO2. The van der Waals surface area contributed by atoms with Crippen molar-refractivity contribution < 1.29 is 9.84 Å². The molecule has 1 heterocycles. The molecule has 1 saturated heterocycles. The van der Waals surface area contributed by atoms with Gasteiger partial charge in [0.25, 0.3) is 0 Å². The fraction of sp³-hybridized carbons (Fsp3) is 0.625. The molecule has 3 rings (SSSR count). The topological polar surface area (TPSA) is 32.7 Å². The van der Waals surface area contributed by atoms with Crippen molar-refractivity contribution in [3.8, 4) is 0 Å². The van der Waals surface area contributed by atoms with E-state index in [2.05, 4.69) is 18.0 Å². The Kier molecular flexibility index (Phi) is 3.87. The number of benzene rings is 1. The summed E-state index contributed by atoms with van der Waals surface area (Å²) in [6.07, 6.45) is 3.07. The van der Waals surface area contributed by atoms with Crippen molar-refractivity contribution in [1.29, 1.82) is 0 Å². The highest BCUT2D eigenvalue weighted by atomic mass is 16.5. The van der Waals surface area contributed by atoms with Crippen LogP contribution in [0.4, 0.5) is 0 Å². The van der Waals surface area contributed by atoms with Crippen LogP contribution in [0.25, 0.3) is 0 Å². The molecule has 0 amide bonds. The van der Waals surface area contributed by atoms with E-state index >= 15 is 0 Å². The number of nitrogens with zero attached hydrogens (tertiary/aromatic N) is 1. The van der Waals surface area contributed by atoms with E-state index in [4.69, 9.17) is 9.84 Å². The van der Waals surface area contributed by atoms with Crippen LogP contribution in [0.15, 0.2) is 24.3 Å². The summed E-state index contributed by atoms with van der Waals surface area (Å²) in [5.74, 6) is 1.43. The lowest BCUT2D eigenvalue weighted by Crippen LogP contribution is -2.43. The smallest absolute Gasteiger partial charge is 0.0721 e. The molecule has 0 aromatic heterocycles. The highest BCUT2D eigenvalue weighted by molar-refractivity contribution is 5.22. The number of ether oxygens (including phenoxy) is 1. The first-order chi connectivity index (χ1) is 9.26. The quantitative estimate of drug-likeness (QED) is 0.900. The van der Waals surface area contributed by atoms with E-state index in [-0.39, 0.29) is 6.61 Å². The van der Waals surface area contributed by atoms with Gasteiger partial charge in [0.2, 0.25) is 0 Å². The Morgan fingerprint density at radius 3 is 2.58 bits per heavy atom. The molecule has 2 bridgehead atoms. The Bertz CT molecular complexity index is 421. The van der Waals surface area contributed by atoms with E-state index in [0.717, 1.165) is 5.56 Å². The first-order valence-electron chi connectivity index (χ1n) is 7.25. The maximum atomic E-state index is 9.16. The summed E-state index contributed by atoms with van der Waals surface area (Å²) in [6.45, 7) is 3.14. The number of aliphatic hydroxyl groups is 1. The van der Waals surface area contributed by atoms with Crippen molar-refractivity contribution in [2.45, 2.75) is 32.2 Å². The number of piperidine rings is 1. The predicted octanol–water partition coefficient (Wildman–Crippen LogP) is 2.04. The summed E-state index contributed by atoms with van der Waals surface area (Å²) in [5.41, 5.74) is 2.14. The van der Waals surface area contributed by atoms with Crippen LogP contribution in [-0.4, -0.2) is 36.2 Å². The van der Waals surface area contributed by atoms with Crippen LogP contribution in [0.3, 0.4) is 0 Å². The fourth-order valence-corrected chi connectivity index (χ4v) is 3.69. The molecule has 19 heavy (non-hydrogen) atoms. The Morgan fingerprint density at radius 1 is 1.21 bits per heavy atom. The minimum atomic E-state index is 0.104. The summed E-state index contributed by atoms with van der Waals surface area (Å²) >= 11 is 0. The molecule has 2 aliphatic rings. The fourth-order valence-electron chi connectivity index (χ4n) is 3.69. The van der Waals surface area contributed by atoms with Gasteiger partial charge >= 0.3 is 0 Å². The molecule has 1 aromatic carbocycles. The Hall–Kier alpha value is -0.900. The van der Waals surface area contributed by atoms with Crippen LogP contribution in [0.1, 0.15) is 24.0 Å². The van der Waals surface area contributed by atoms with Crippen LogP contribution in [0, 0.1) is 11.8 Å². The second-order valence-corrected chi connectivity index (χ2v) is 6.07. The minimum absolute atomic E-state index is 0.104. The largest absolute Gasteiger partial charge is 0.392 e. The molecule has 1 aliphatic heterocycles. The molecule has 0 spiro atoms. The van der Waals surface area contributed by atoms with Crippen LogP contribution in [0.2, 0.25) is 0 Å². The Balaban J connectivity index is 1.60. The van der Waals surface area contributed by atoms with Crippen molar-refractivity contribution in [2.24, 2.45) is 11.8 Å². The Labute approximate surface area is 115 Å². The van der Waals surface area contributed by atoms with Crippen molar-refractivity contribution >= 4 is 0 Å². The van der Waals surface area contributed by atoms with Gasteiger partial charge in [-0.15, -0.1) is 0 Å². The zero-order valence-corrected chi connectivity index (χ0v) is 11.6.